The van der Waals surface area contributed by atoms with E-state index in [-0.39, 0.29) is 11.9 Å². The van der Waals surface area contributed by atoms with E-state index in [9.17, 15) is 4.79 Å². The van der Waals surface area contributed by atoms with Crippen LogP contribution in [-0.4, -0.2) is 41.5 Å². The number of amides is 1. The Morgan fingerprint density at radius 1 is 1.23 bits per heavy atom. The molecule has 0 radical (unpaired) electrons. The molecule has 134 valence electrons. The van der Waals surface area contributed by atoms with E-state index in [1.807, 2.05) is 30.3 Å². The average Bonchev–Trinajstić information content (AvgIpc) is 3.52. The van der Waals surface area contributed by atoms with E-state index in [0.717, 1.165) is 61.1 Å². The van der Waals surface area contributed by atoms with Crippen molar-refractivity contribution in [1.82, 2.24) is 15.2 Å². The summed E-state index contributed by atoms with van der Waals surface area (Å²) in [5.74, 6) is 3.27. The van der Waals surface area contributed by atoms with Gasteiger partial charge < -0.3 is 10.2 Å². The molecule has 2 heterocycles. The van der Waals surface area contributed by atoms with Gasteiger partial charge in [0.05, 0.1) is 11.1 Å². The molecule has 4 rings (SSSR count). The van der Waals surface area contributed by atoms with Crippen LogP contribution >= 0.6 is 0 Å². The third-order valence-corrected chi connectivity index (χ3v) is 5.47. The Morgan fingerprint density at radius 3 is 2.73 bits per heavy atom. The molecule has 1 amide bonds. The van der Waals surface area contributed by atoms with Crippen LogP contribution in [0.25, 0.3) is 10.9 Å². The maximum Gasteiger partial charge on any atom is 0.252 e. The summed E-state index contributed by atoms with van der Waals surface area (Å²) in [7, 11) is 0. The Morgan fingerprint density at radius 2 is 2.00 bits per heavy atom. The normalized spacial score (nSPS) is 18.6. The smallest absolute Gasteiger partial charge is 0.252 e. The first-order valence-corrected chi connectivity index (χ1v) is 9.61. The number of rotatable bonds is 5. The first-order valence-electron chi connectivity index (χ1n) is 9.61. The van der Waals surface area contributed by atoms with Crippen LogP contribution in [0, 0.1) is 12.3 Å². The van der Waals surface area contributed by atoms with E-state index < -0.39 is 0 Å². The van der Waals surface area contributed by atoms with Crippen LogP contribution in [0.3, 0.4) is 0 Å². The molecule has 0 bridgehead atoms. The molecular formula is C22H25N3O. The van der Waals surface area contributed by atoms with Crippen molar-refractivity contribution in [3.8, 4) is 12.3 Å². The second-order valence-electron chi connectivity index (χ2n) is 7.43. The van der Waals surface area contributed by atoms with Gasteiger partial charge in [0.2, 0.25) is 0 Å². The molecule has 0 atom stereocenters. The molecule has 4 heteroatoms. The van der Waals surface area contributed by atoms with E-state index >= 15 is 0 Å². The molecule has 26 heavy (non-hydrogen) atoms. The predicted octanol–water partition coefficient (Wildman–Crippen LogP) is 3.33. The summed E-state index contributed by atoms with van der Waals surface area (Å²) in [6.45, 7) is 2.95. The van der Waals surface area contributed by atoms with Crippen LogP contribution in [-0.2, 0) is 0 Å². The van der Waals surface area contributed by atoms with Crippen LogP contribution in [0.15, 0.2) is 30.3 Å². The van der Waals surface area contributed by atoms with Crippen molar-refractivity contribution in [3.63, 3.8) is 0 Å². The number of pyridine rings is 1. The minimum absolute atomic E-state index is 0.0348. The van der Waals surface area contributed by atoms with E-state index in [0.29, 0.717) is 5.92 Å². The summed E-state index contributed by atoms with van der Waals surface area (Å²) < 4.78 is 0. The fourth-order valence-electron chi connectivity index (χ4n) is 3.76. The van der Waals surface area contributed by atoms with Gasteiger partial charge in [-0.3, -0.25) is 9.78 Å². The minimum atomic E-state index is 0.0348. The number of likely N-dealkylation sites (tertiary alicyclic amines) is 1. The number of aromatic nitrogens is 1. The molecule has 2 aromatic rings. The van der Waals surface area contributed by atoms with E-state index in [1.54, 1.807) is 0 Å². The van der Waals surface area contributed by atoms with Crippen molar-refractivity contribution in [2.45, 2.75) is 44.1 Å². The molecule has 1 aliphatic heterocycles. The number of piperidine rings is 1. The first-order chi connectivity index (χ1) is 12.7. The number of carbonyl (C=O) groups excluding carboxylic acids is 1. The predicted molar refractivity (Wildman–Crippen MR) is 104 cm³/mol. The zero-order valence-electron chi connectivity index (χ0n) is 15.1. The van der Waals surface area contributed by atoms with Crippen LogP contribution < -0.4 is 5.32 Å². The van der Waals surface area contributed by atoms with Crippen LogP contribution in [0.4, 0.5) is 0 Å². The van der Waals surface area contributed by atoms with Gasteiger partial charge in [0.15, 0.2) is 0 Å². The monoisotopic (exact) mass is 347 g/mol. The zero-order chi connectivity index (χ0) is 17.9. The van der Waals surface area contributed by atoms with E-state index in [2.05, 4.69) is 16.1 Å². The summed E-state index contributed by atoms with van der Waals surface area (Å²) >= 11 is 0. The summed E-state index contributed by atoms with van der Waals surface area (Å²) in [6, 6.07) is 10.2. The average molecular weight is 347 g/mol. The number of nitrogens with one attached hydrogen (secondary N) is 1. The van der Waals surface area contributed by atoms with Gasteiger partial charge in [0.1, 0.15) is 0 Å². The lowest BCUT2D eigenvalue weighted by molar-refractivity contribution is 0.0913. The van der Waals surface area contributed by atoms with Crippen molar-refractivity contribution < 1.29 is 4.79 Å². The molecule has 0 unspecified atom stereocenters. The molecule has 4 nitrogen and oxygen atoms in total. The maximum atomic E-state index is 13.0. The first kappa shape index (κ1) is 17.1. The van der Waals surface area contributed by atoms with Crippen molar-refractivity contribution in [3.05, 3.63) is 41.6 Å². The number of para-hydroxylation sites is 1. The van der Waals surface area contributed by atoms with Crippen LogP contribution in [0.2, 0.25) is 0 Å². The fraction of sp³-hybridized carbons (Fsp3) is 0.455. The molecule has 1 N–H and O–H groups in total. The van der Waals surface area contributed by atoms with Gasteiger partial charge in [0, 0.05) is 49.1 Å². The SMILES string of the molecule is C#CCCN1CCC(NC(=O)c2cc(C3CC3)nc3ccccc23)CC1. The number of benzene rings is 1. The van der Waals surface area contributed by atoms with Crippen molar-refractivity contribution in [2.24, 2.45) is 0 Å². The van der Waals surface area contributed by atoms with Gasteiger partial charge in [0.25, 0.3) is 5.91 Å². The highest BCUT2D eigenvalue weighted by Gasteiger charge is 2.27. The summed E-state index contributed by atoms with van der Waals surface area (Å²) in [5, 5.41) is 4.20. The topological polar surface area (TPSA) is 45.2 Å². The molecule has 2 fully saturated rings. The summed E-state index contributed by atoms with van der Waals surface area (Å²) in [6.07, 6.45) is 10.5. The standard InChI is InChI=1S/C22H25N3O/c1-2-3-12-25-13-10-17(11-14-25)23-22(26)19-15-21(16-8-9-16)24-20-7-5-4-6-18(19)20/h1,4-7,15-17H,3,8-14H2,(H,23,26). The highest BCUT2D eigenvalue weighted by molar-refractivity contribution is 6.06. The number of nitrogens with zero attached hydrogens (tertiary/aromatic N) is 2. The molecule has 1 saturated carbocycles. The number of carbonyl (C=O) groups is 1. The molecule has 1 saturated heterocycles. The zero-order valence-corrected chi connectivity index (χ0v) is 15.1. The lowest BCUT2D eigenvalue weighted by Gasteiger charge is -2.32. The van der Waals surface area contributed by atoms with Gasteiger partial charge in [-0.2, -0.15) is 0 Å². The number of terminal acetylenes is 1. The van der Waals surface area contributed by atoms with Gasteiger partial charge in [-0.15, -0.1) is 12.3 Å². The summed E-state index contributed by atoms with van der Waals surface area (Å²) in [5.41, 5.74) is 2.76. The van der Waals surface area contributed by atoms with E-state index in [1.165, 1.54) is 12.8 Å². The third-order valence-electron chi connectivity index (χ3n) is 5.47. The highest BCUT2D eigenvalue weighted by Crippen LogP contribution is 2.40. The third kappa shape index (κ3) is 3.73. The molecule has 1 aliphatic carbocycles. The summed E-state index contributed by atoms with van der Waals surface area (Å²) in [4.78, 5) is 20.1. The van der Waals surface area contributed by atoms with Crippen molar-refractivity contribution in [2.75, 3.05) is 19.6 Å². The van der Waals surface area contributed by atoms with Crippen molar-refractivity contribution in [1.29, 1.82) is 0 Å². The molecule has 2 aliphatic rings. The Balaban J connectivity index is 1.48. The number of hydrogen-bond donors (Lipinski definition) is 1. The minimum Gasteiger partial charge on any atom is -0.349 e. The van der Waals surface area contributed by atoms with Gasteiger partial charge >= 0.3 is 0 Å². The van der Waals surface area contributed by atoms with Gasteiger partial charge in [-0.1, -0.05) is 18.2 Å². The van der Waals surface area contributed by atoms with Crippen LogP contribution in [0.5, 0.6) is 0 Å². The quantitative estimate of drug-likeness (QED) is 0.844. The van der Waals surface area contributed by atoms with Gasteiger partial charge in [-0.25, -0.2) is 0 Å². The van der Waals surface area contributed by atoms with Crippen molar-refractivity contribution >= 4 is 16.8 Å². The fourth-order valence-corrected chi connectivity index (χ4v) is 3.76. The highest BCUT2D eigenvalue weighted by atomic mass is 16.1. The Labute approximate surface area is 155 Å². The number of hydrogen-bond acceptors (Lipinski definition) is 3. The van der Waals surface area contributed by atoms with E-state index in [4.69, 9.17) is 11.4 Å². The second kappa shape index (κ2) is 7.47. The number of fused-ring (bicyclic) bond motifs is 1. The Kier molecular flexibility index (Phi) is 4.90. The van der Waals surface area contributed by atoms with Crippen LogP contribution in [0.1, 0.15) is 54.1 Å². The lowest BCUT2D eigenvalue weighted by atomic mass is 10.0. The lowest BCUT2D eigenvalue weighted by Crippen LogP contribution is -2.44. The molecule has 1 aromatic heterocycles. The Hall–Kier alpha value is -2.38. The second-order valence-corrected chi connectivity index (χ2v) is 7.43. The largest absolute Gasteiger partial charge is 0.349 e. The molecule has 0 spiro atoms. The molecule has 1 aromatic carbocycles. The molecular weight excluding hydrogens is 322 g/mol. The van der Waals surface area contributed by atoms with Gasteiger partial charge in [-0.05, 0) is 37.8 Å². The Bertz CT molecular complexity index is 842. The maximum absolute atomic E-state index is 13.0.